The maximum absolute atomic E-state index is 12.9. The van der Waals surface area contributed by atoms with Crippen molar-refractivity contribution in [3.05, 3.63) is 52.8 Å². The zero-order valence-corrected chi connectivity index (χ0v) is 15.1. The topological polar surface area (TPSA) is 34.5 Å². The molecule has 4 nitrogen and oxygen atoms in total. The molecule has 132 valence electrons. The zero-order valence-electron chi connectivity index (χ0n) is 15.1. The monoisotopic (exact) mass is 338 g/mol. The van der Waals surface area contributed by atoms with Crippen LogP contribution in [0.15, 0.2) is 30.3 Å². The van der Waals surface area contributed by atoms with Gasteiger partial charge in [0.15, 0.2) is 5.78 Å². The second-order valence-corrected chi connectivity index (χ2v) is 7.25. The maximum Gasteiger partial charge on any atom is 0.183 e. The molecule has 3 heterocycles. The Hall–Kier alpha value is -2.07. The van der Waals surface area contributed by atoms with Crippen molar-refractivity contribution in [1.82, 2.24) is 4.57 Å². The number of Topliss-reactive ketones (excluding diaryl/α,β-unsaturated/α-hetero) is 1. The number of anilines is 1. The van der Waals surface area contributed by atoms with Crippen molar-refractivity contribution in [1.29, 1.82) is 0 Å². The third-order valence-electron chi connectivity index (χ3n) is 5.60. The van der Waals surface area contributed by atoms with Gasteiger partial charge in [0.1, 0.15) is 0 Å². The highest BCUT2D eigenvalue weighted by molar-refractivity contribution is 6.00. The fraction of sp³-hybridized carbons (Fsp3) is 0.476. The van der Waals surface area contributed by atoms with Gasteiger partial charge in [-0.05, 0) is 50.8 Å². The largest absolute Gasteiger partial charge is 0.376 e. The Morgan fingerprint density at radius 1 is 1.28 bits per heavy atom. The van der Waals surface area contributed by atoms with Crippen molar-refractivity contribution in [2.24, 2.45) is 0 Å². The van der Waals surface area contributed by atoms with Crippen molar-refractivity contribution >= 4 is 11.5 Å². The van der Waals surface area contributed by atoms with Crippen molar-refractivity contribution in [2.45, 2.75) is 45.8 Å². The summed E-state index contributed by atoms with van der Waals surface area (Å²) in [6, 6.07) is 10.5. The molecule has 0 N–H and O–H groups in total. The van der Waals surface area contributed by atoms with Gasteiger partial charge in [-0.1, -0.05) is 18.2 Å². The van der Waals surface area contributed by atoms with Crippen molar-refractivity contribution in [2.75, 3.05) is 24.6 Å². The molecule has 2 aliphatic heterocycles. The number of ketones is 1. The quantitative estimate of drug-likeness (QED) is 0.782. The smallest absolute Gasteiger partial charge is 0.183 e. The summed E-state index contributed by atoms with van der Waals surface area (Å²) in [5, 5.41) is 0. The van der Waals surface area contributed by atoms with Crippen LogP contribution in [0.25, 0.3) is 0 Å². The number of ether oxygens (including phenoxy) is 1. The third-order valence-corrected chi connectivity index (χ3v) is 5.60. The molecule has 0 saturated carbocycles. The molecule has 0 aliphatic carbocycles. The molecule has 0 spiro atoms. The van der Waals surface area contributed by atoms with E-state index >= 15 is 0 Å². The van der Waals surface area contributed by atoms with E-state index in [1.807, 2.05) is 0 Å². The summed E-state index contributed by atoms with van der Waals surface area (Å²) in [5.74, 6) is 0.211. The van der Waals surface area contributed by atoms with E-state index in [-0.39, 0.29) is 5.78 Å². The van der Waals surface area contributed by atoms with Gasteiger partial charge in [-0.2, -0.15) is 0 Å². The Kier molecular flexibility index (Phi) is 4.38. The van der Waals surface area contributed by atoms with E-state index in [1.54, 1.807) is 0 Å². The molecule has 1 unspecified atom stereocenters. The van der Waals surface area contributed by atoms with E-state index in [2.05, 4.69) is 53.6 Å². The molecule has 1 aromatic carbocycles. The summed E-state index contributed by atoms with van der Waals surface area (Å²) in [4.78, 5) is 15.2. The minimum atomic E-state index is 0.211. The molecule has 2 aliphatic rings. The number of para-hydroxylation sites is 1. The van der Waals surface area contributed by atoms with Crippen molar-refractivity contribution < 1.29 is 9.53 Å². The summed E-state index contributed by atoms with van der Waals surface area (Å²) in [7, 11) is 0. The van der Waals surface area contributed by atoms with Gasteiger partial charge >= 0.3 is 0 Å². The molecule has 25 heavy (non-hydrogen) atoms. The normalized spacial score (nSPS) is 19.4. The minimum Gasteiger partial charge on any atom is -0.376 e. The van der Waals surface area contributed by atoms with E-state index in [4.69, 9.17) is 4.74 Å². The highest BCUT2D eigenvalue weighted by Crippen LogP contribution is 2.28. The average Bonchev–Trinajstić information content (AvgIpc) is 3.32. The van der Waals surface area contributed by atoms with Gasteiger partial charge in [-0.3, -0.25) is 4.79 Å². The van der Waals surface area contributed by atoms with Crippen LogP contribution in [-0.4, -0.2) is 36.2 Å². The molecule has 4 rings (SSSR count). The Morgan fingerprint density at radius 3 is 2.92 bits per heavy atom. The van der Waals surface area contributed by atoms with Crippen LogP contribution in [0.1, 0.15) is 40.2 Å². The van der Waals surface area contributed by atoms with Crippen LogP contribution in [0.4, 0.5) is 5.69 Å². The van der Waals surface area contributed by atoms with Crippen LogP contribution in [-0.2, 0) is 17.7 Å². The van der Waals surface area contributed by atoms with Crippen LogP contribution in [0.5, 0.6) is 0 Å². The van der Waals surface area contributed by atoms with E-state index in [0.717, 1.165) is 55.9 Å². The lowest BCUT2D eigenvalue weighted by Crippen LogP contribution is -2.28. The van der Waals surface area contributed by atoms with Gasteiger partial charge in [0.05, 0.1) is 12.6 Å². The van der Waals surface area contributed by atoms with E-state index < -0.39 is 0 Å². The summed E-state index contributed by atoms with van der Waals surface area (Å²) in [6.07, 6.45) is 3.58. The number of benzene rings is 1. The summed E-state index contributed by atoms with van der Waals surface area (Å²) < 4.78 is 8.02. The first-order chi connectivity index (χ1) is 12.1. The Bertz CT molecular complexity index is 787. The highest BCUT2D eigenvalue weighted by Gasteiger charge is 2.24. The van der Waals surface area contributed by atoms with Crippen LogP contribution in [0.2, 0.25) is 0 Å². The van der Waals surface area contributed by atoms with Gasteiger partial charge in [-0.15, -0.1) is 0 Å². The number of hydrogen-bond acceptors (Lipinski definition) is 3. The lowest BCUT2D eigenvalue weighted by atomic mass is 10.1. The lowest BCUT2D eigenvalue weighted by molar-refractivity contribution is 0.0955. The summed E-state index contributed by atoms with van der Waals surface area (Å²) >= 11 is 0. The predicted molar refractivity (Wildman–Crippen MR) is 99.6 cm³/mol. The summed E-state index contributed by atoms with van der Waals surface area (Å²) in [5.41, 5.74) is 5.65. The average molecular weight is 338 g/mol. The molecule has 0 amide bonds. The van der Waals surface area contributed by atoms with Crippen LogP contribution in [0.3, 0.4) is 0 Å². The zero-order chi connectivity index (χ0) is 17.4. The Balaban J connectivity index is 1.51. The Labute approximate surface area is 149 Å². The number of aryl methyl sites for hydroxylation is 1. The maximum atomic E-state index is 12.9. The fourth-order valence-corrected chi connectivity index (χ4v) is 4.19. The van der Waals surface area contributed by atoms with Crippen molar-refractivity contribution in [3.63, 3.8) is 0 Å². The number of hydrogen-bond donors (Lipinski definition) is 0. The molecule has 1 fully saturated rings. The van der Waals surface area contributed by atoms with E-state index in [0.29, 0.717) is 12.6 Å². The van der Waals surface area contributed by atoms with Gasteiger partial charge in [0, 0.05) is 42.3 Å². The number of nitrogens with zero attached hydrogens (tertiary/aromatic N) is 2. The number of rotatable bonds is 5. The molecule has 0 bridgehead atoms. The van der Waals surface area contributed by atoms with Gasteiger partial charge in [0.2, 0.25) is 0 Å². The molecule has 1 aromatic heterocycles. The molecule has 2 aromatic rings. The highest BCUT2D eigenvalue weighted by atomic mass is 16.5. The van der Waals surface area contributed by atoms with Crippen LogP contribution < -0.4 is 4.90 Å². The number of carbonyl (C=O) groups excluding carboxylic acids is 1. The van der Waals surface area contributed by atoms with Gasteiger partial charge in [-0.25, -0.2) is 0 Å². The predicted octanol–water partition coefficient (Wildman–Crippen LogP) is 3.53. The number of carbonyl (C=O) groups is 1. The fourth-order valence-electron chi connectivity index (χ4n) is 4.19. The summed E-state index contributed by atoms with van der Waals surface area (Å²) in [6.45, 7) is 7.26. The van der Waals surface area contributed by atoms with Gasteiger partial charge < -0.3 is 14.2 Å². The second kappa shape index (κ2) is 6.68. The second-order valence-electron chi connectivity index (χ2n) is 7.25. The first-order valence-corrected chi connectivity index (χ1v) is 9.28. The molecular weight excluding hydrogens is 312 g/mol. The molecule has 0 radical (unpaired) electrons. The molecule has 4 heteroatoms. The lowest BCUT2D eigenvalue weighted by Gasteiger charge is -2.18. The molecule has 1 atom stereocenters. The SMILES string of the molecule is Cc1cc(C(=O)CN2CCc3ccccc32)c(C)n1CC1CCCO1. The van der Waals surface area contributed by atoms with Crippen LogP contribution in [0, 0.1) is 13.8 Å². The van der Waals surface area contributed by atoms with E-state index in [9.17, 15) is 4.79 Å². The first-order valence-electron chi connectivity index (χ1n) is 9.28. The number of fused-ring (bicyclic) bond motifs is 1. The van der Waals surface area contributed by atoms with Gasteiger partial charge in [0.25, 0.3) is 0 Å². The van der Waals surface area contributed by atoms with E-state index in [1.165, 1.54) is 11.3 Å². The molecular formula is C21H26N2O2. The Morgan fingerprint density at radius 2 is 2.12 bits per heavy atom. The first kappa shape index (κ1) is 16.4. The number of aromatic nitrogens is 1. The minimum absolute atomic E-state index is 0.211. The van der Waals surface area contributed by atoms with Crippen molar-refractivity contribution in [3.8, 4) is 0 Å². The van der Waals surface area contributed by atoms with Crippen LogP contribution >= 0.6 is 0 Å². The molecule has 1 saturated heterocycles. The third kappa shape index (κ3) is 3.11. The standard InChI is InChI=1S/C21H26N2O2/c1-15-12-19(16(2)23(15)13-18-7-5-11-25-18)21(24)14-22-10-9-17-6-3-4-8-20(17)22/h3-4,6,8,12,18H,5,7,9-11,13-14H2,1-2H3.